The van der Waals surface area contributed by atoms with Crippen molar-refractivity contribution < 1.29 is 45.3 Å². The zero-order valence-corrected chi connectivity index (χ0v) is 24.0. The highest BCUT2D eigenvalue weighted by Gasteiger charge is 2.32. The van der Waals surface area contributed by atoms with Gasteiger partial charge in [-0.25, -0.2) is 19.5 Å². The van der Waals surface area contributed by atoms with Crippen molar-refractivity contribution in [2.24, 2.45) is 0 Å². The van der Waals surface area contributed by atoms with Crippen molar-refractivity contribution in [1.29, 1.82) is 0 Å². The molecule has 0 aliphatic heterocycles. The number of benzene rings is 1. The number of amides is 1. The normalized spacial score (nSPS) is 11.7. The first-order chi connectivity index (χ1) is 20.0. The molecule has 3 rings (SSSR count). The number of hydrogen-bond donors (Lipinski definition) is 2. The van der Waals surface area contributed by atoms with E-state index in [9.17, 15) is 26.4 Å². The number of alkyl halides is 3. The molecule has 0 aliphatic rings. The third-order valence-electron chi connectivity index (χ3n) is 5.42. The lowest BCUT2D eigenvalue weighted by atomic mass is 10.1. The Bertz CT molecular complexity index is 1410. The molecule has 0 saturated carbocycles. The van der Waals surface area contributed by atoms with E-state index in [1.165, 1.54) is 13.2 Å². The number of carbonyl (C=O) groups is 1. The van der Waals surface area contributed by atoms with Crippen LogP contribution >= 0.6 is 11.6 Å². The van der Waals surface area contributed by atoms with Gasteiger partial charge in [-0.1, -0.05) is 17.7 Å². The van der Waals surface area contributed by atoms with Crippen LogP contribution in [0.5, 0.6) is 17.4 Å². The average Bonchev–Trinajstić information content (AvgIpc) is 3.44. The number of nitrogens with zero attached hydrogens (tertiary/aromatic N) is 3. The summed E-state index contributed by atoms with van der Waals surface area (Å²) in [4.78, 5) is 19.6. The van der Waals surface area contributed by atoms with E-state index in [0.29, 0.717) is 43.1 Å². The number of ether oxygens (including phenoxy) is 4. The van der Waals surface area contributed by atoms with Crippen molar-refractivity contribution in [3.05, 3.63) is 65.3 Å². The summed E-state index contributed by atoms with van der Waals surface area (Å²) in [5, 5.41) is -0.349. The second kappa shape index (κ2) is 15.6. The number of aryl methyl sites for hydroxylation is 2. The van der Waals surface area contributed by atoms with Gasteiger partial charge in [-0.15, -0.1) is 0 Å². The molecule has 0 bridgehead atoms. The Balaban J connectivity index is 1.54. The quantitative estimate of drug-likeness (QED) is 0.220. The van der Waals surface area contributed by atoms with Crippen LogP contribution in [0.4, 0.5) is 18.0 Å². The Hall–Kier alpha value is -3.60. The van der Waals surface area contributed by atoms with Crippen molar-refractivity contribution in [1.82, 2.24) is 24.0 Å². The molecule has 0 radical (unpaired) electrons. The standard InChI is InChI=1S/C25H29ClF3N5O7S/c1-38-12-13-39-20-6-5-18(22(15-20)41-23-21(26)14-19(16-31-23)25(27,28)29)4-2-11-40-24(35)33-42(36,37)32-7-3-9-34-10-8-30-17-34/h5-6,8,10,14-17,32H,2-4,7,9,11-13H2,1H3,(H,33,35). The number of halogens is 4. The minimum atomic E-state index is -4.63. The van der Waals surface area contributed by atoms with Gasteiger partial charge < -0.3 is 23.5 Å². The number of hydrogen-bond acceptors (Lipinski definition) is 9. The summed E-state index contributed by atoms with van der Waals surface area (Å²) in [5.74, 6) is 0.344. The molecule has 42 heavy (non-hydrogen) atoms. The second-order valence-electron chi connectivity index (χ2n) is 8.61. The number of nitrogens with one attached hydrogen (secondary N) is 2. The molecule has 2 heterocycles. The van der Waals surface area contributed by atoms with E-state index >= 15 is 0 Å². The van der Waals surface area contributed by atoms with Crippen LogP contribution in [-0.4, -0.2) is 62.5 Å². The number of rotatable bonds is 16. The lowest BCUT2D eigenvalue weighted by Gasteiger charge is -2.15. The van der Waals surface area contributed by atoms with Crippen molar-refractivity contribution in [2.75, 3.05) is 33.5 Å². The van der Waals surface area contributed by atoms with E-state index in [4.69, 9.17) is 30.5 Å². The predicted octanol–water partition coefficient (Wildman–Crippen LogP) is 4.35. The van der Waals surface area contributed by atoms with Crippen LogP contribution in [0.15, 0.2) is 49.2 Å². The van der Waals surface area contributed by atoms with Crippen LogP contribution in [0.1, 0.15) is 24.0 Å². The Labute approximate surface area is 245 Å². The molecule has 0 saturated heterocycles. The van der Waals surface area contributed by atoms with Crippen molar-refractivity contribution in [2.45, 2.75) is 32.0 Å². The fourth-order valence-electron chi connectivity index (χ4n) is 3.42. The fraction of sp³-hybridized carbons (Fsp3) is 0.400. The minimum Gasteiger partial charge on any atom is -0.491 e. The van der Waals surface area contributed by atoms with E-state index in [1.807, 2.05) is 0 Å². The summed E-state index contributed by atoms with van der Waals surface area (Å²) in [7, 11) is -2.60. The van der Waals surface area contributed by atoms with Gasteiger partial charge in [-0.3, -0.25) is 0 Å². The molecule has 0 fully saturated rings. The molecule has 2 N–H and O–H groups in total. The lowest BCUT2D eigenvalue weighted by molar-refractivity contribution is -0.137. The van der Waals surface area contributed by atoms with Crippen molar-refractivity contribution in [3.63, 3.8) is 0 Å². The fourth-order valence-corrected chi connectivity index (χ4v) is 4.39. The Kier molecular flexibility index (Phi) is 12.2. The molecule has 0 spiro atoms. The van der Waals surface area contributed by atoms with Gasteiger partial charge in [-0.2, -0.15) is 26.3 Å². The zero-order valence-electron chi connectivity index (χ0n) is 22.4. The molecule has 1 aromatic carbocycles. The Morgan fingerprint density at radius 1 is 1.14 bits per heavy atom. The summed E-state index contributed by atoms with van der Waals surface area (Å²) in [5.41, 5.74) is -0.457. The number of aromatic nitrogens is 3. The maximum atomic E-state index is 13.0. The van der Waals surface area contributed by atoms with E-state index in [1.54, 1.807) is 40.1 Å². The van der Waals surface area contributed by atoms with Crippen LogP contribution in [0.3, 0.4) is 0 Å². The summed E-state index contributed by atoms with van der Waals surface area (Å²) >= 11 is 6.00. The van der Waals surface area contributed by atoms with Gasteiger partial charge in [0.05, 0.1) is 25.1 Å². The molecular weight excluding hydrogens is 607 g/mol. The van der Waals surface area contributed by atoms with Gasteiger partial charge in [0.25, 0.3) is 0 Å². The average molecular weight is 636 g/mol. The first kappa shape index (κ1) is 32.9. The molecule has 0 atom stereocenters. The van der Waals surface area contributed by atoms with E-state index in [0.717, 1.165) is 0 Å². The number of carbonyl (C=O) groups excluding carboxylic acids is 1. The SMILES string of the molecule is COCCOc1ccc(CCCOC(=O)NS(=O)(=O)NCCCn2ccnc2)c(Oc2ncc(C(F)(F)F)cc2Cl)c1. The van der Waals surface area contributed by atoms with Crippen LogP contribution in [0.2, 0.25) is 5.02 Å². The van der Waals surface area contributed by atoms with Gasteiger partial charge in [0, 0.05) is 44.9 Å². The molecule has 0 aliphatic carbocycles. The molecule has 3 aromatic rings. The molecule has 17 heteroatoms. The van der Waals surface area contributed by atoms with Gasteiger partial charge in [0.15, 0.2) is 0 Å². The maximum Gasteiger partial charge on any atom is 0.421 e. The largest absolute Gasteiger partial charge is 0.491 e. The van der Waals surface area contributed by atoms with Gasteiger partial charge in [-0.05, 0) is 37.0 Å². The van der Waals surface area contributed by atoms with Gasteiger partial charge in [0.2, 0.25) is 5.88 Å². The topological polar surface area (TPSA) is 143 Å². The van der Waals surface area contributed by atoms with Crippen LogP contribution < -0.4 is 18.9 Å². The Morgan fingerprint density at radius 2 is 1.95 bits per heavy atom. The first-order valence-corrected chi connectivity index (χ1v) is 14.4. The first-order valence-electron chi connectivity index (χ1n) is 12.5. The predicted molar refractivity (Wildman–Crippen MR) is 145 cm³/mol. The molecule has 0 unspecified atom stereocenters. The third-order valence-corrected chi connectivity index (χ3v) is 6.71. The number of methoxy groups -OCH3 is 1. The Morgan fingerprint density at radius 3 is 2.64 bits per heavy atom. The smallest absolute Gasteiger partial charge is 0.421 e. The van der Waals surface area contributed by atoms with Crippen LogP contribution in [0, 0.1) is 0 Å². The summed E-state index contributed by atoms with van der Waals surface area (Å²) < 4.78 is 90.1. The van der Waals surface area contributed by atoms with Gasteiger partial charge >= 0.3 is 22.5 Å². The summed E-state index contributed by atoms with van der Waals surface area (Å²) in [6.07, 6.45) is 0.772. The highest BCUT2D eigenvalue weighted by Crippen LogP contribution is 2.36. The van der Waals surface area contributed by atoms with Crippen LogP contribution in [0.25, 0.3) is 0 Å². The summed E-state index contributed by atoms with van der Waals surface area (Å²) in [6.45, 7) is 1.04. The highest BCUT2D eigenvalue weighted by atomic mass is 35.5. The lowest BCUT2D eigenvalue weighted by Crippen LogP contribution is -2.41. The maximum absolute atomic E-state index is 13.0. The van der Waals surface area contributed by atoms with Gasteiger partial charge in [0.1, 0.15) is 23.1 Å². The number of pyridine rings is 1. The second-order valence-corrected chi connectivity index (χ2v) is 10.5. The minimum absolute atomic E-state index is 0.0898. The molecule has 1 amide bonds. The van der Waals surface area contributed by atoms with Crippen LogP contribution in [-0.2, 0) is 38.8 Å². The molecule has 12 nitrogen and oxygen atoms in total. The third kappa shape index (κ3) is 11.0. The molecule has 2 aromatic heterocycles. The zero-order chi connectivity index (χ0) is 30.6. The van der Waals surface area contributed by atoms with Crippen molar-refractivity contribution in [3.8, 4) is 17.4 Å². The number of imidazole rings is 1. The molecule has 230 valence electrons. The van der Waals surface area contributed by atoms with Crippen molar-refractivity contribution >= 4 is 27.9 Å². The van der Waals surface area contributed by atoms with E-state index in [-0.39, 0.29) is 49.3 Å². The molecular formula is C25H29ClF3N5O7S. The van der Waals surface area contributed by atoms with E-state index in [2.05, 4.69) is 14.7 Å². The van der Waals surface area contributed by atoms with E-state index < -0.39 is 28.0 Å². The monoisotopic (exact) mass is 635 g/mol. The summed E-state index contributed by atoms with van der Waals surface area (Å²) in [6, 6.07) is 5.53. The highest BCUT2D eigenvalue weighted by molar-refractivity contribution is 7.88.